The summed E-state index contributed by atoms with van der Waals surface area (Å²) < 4.78 is 12.1. The van der Waals surface area contributed by atoms with Crippen molar-refractivity contribution >= 4 is 17.3 Å². The lowest BCUT2D eigenvalue weighted by atomic mass is 9.96. The number of rotatable bonds is 5. The van der Waals surface area contributed by atoms with Crippen molar-refractivity contribution in [2.45, 2.75) is 32.0 Å². The van der Waals surface area contributed by atoms with E-state index in [9.17, 15) is 0 Å². The summed E-state index contributed by atoms with van der Waals surface area (Å²) >= 11 is 6.07. The van der Waals surface area contributed by atoms with Crippen molar-refractivity contribution in [2.75, 3.05) is 6.61 Å². The molecule has 5 rings (SSSR count). The molecule has 0 bridgehead atoms. The first-order valence-corrected chi connectivity index (χ1v) is 10.7. The second-order valence-electron chi connectivity index (χ2n) is 7.58. The van der Waals surface area contributed by atoms with E-state index in [4.69, 9.17) is 26.2 Å². The molecule has 0 fully saturated rings. The minimum Gasteiger partial charge on any atom is -0.494 e. The zero-order valence-corrected chi connectivity index (χ0v) is 17.5. The third-order valence-corrected chi connectivity index (χ3v) is 5.77. The van der Waals surface area contributed by atoms with E-state index < -0.39 is 0 Å². The molecule has 0 unspecified atom stereocenters. The van der Waals surface area contributed by atoms with Crippen LogP contribution in [0.4, 0.5) is 0 Å². The molecule has 30 heavy (non-hydrogen) atoms. The van der Waals surface area contributed by atoms with Gasteiger partial charge in [-0.2, -0.15) is 5.10 Å². The zero-order valence-electron chi connectivity index (χ0n) is 16.8. The van der Waals surface area contributed by atoms with E-state index in [2.05, 4.69) is 36.2 Å². The number of benzene rings is 3. The van der Waals surface area contributed by atoms with Gasteiger partial charge in [0.1, 0.15) is 11.5 Å². The van der Waals surface area contributed by atoms with Crippen LogP contribution in [-0.2, 0) is 0 Å². The first kappa shape index (κ1) is 19.0. The minimum atomic E-state index is -0.282. The molecule has 0 saturated carbocycles. The molecular weight excluding hydrogens is 396 g/mol. The maximum atomic E-state index is 6.41. The minimum absolute atomic E-state index is 0.140. The van der Waals surface area contributed by atoms with Crippen LogP contribution in [0.1, 0.15) is 48.7 Å². The number of hydrazone groups is 1. The summed E-state index contributed by atoms with van der Waals surface area (Å²) in [5.74, 6) is 1.79. The Morgan fingerprint density at radius 1 is 1.03 bits per heavy atom. The Hall–Kier alpha value is -2.98. The molecule has 3 aromatic rings. The van der Waals surface area contributed by atoms with Crippen LogP contribution in [0.15, 0.2) is 77.9 Å². The number of nitrogens with zero attached hydrogens (tertiary/aromatic N) is 2. The quantitative estimate of drug-likeness (QED) is 0.482. The molecule has 0 N–H and O–H groups in total. The Labute approximate surface area is 181 Å². The highest BCUT2D eigenvalue weighted by Crippen LogP contribution is 2.47. The van der Waals surface area contributed by atoms with Gasteiger partial charge >= 0.3 is 0 Å². The number of fused-ring (bicyclic) bond motifs is 3. The van der Waals surface area contributed by atoms with Crippen LogP contribution in [0.25, 0.3) is 0 Å². The van der Waals surface area contributed by atoms with E-state index in [0.29, 0.717) is 0 Å². The van der Waals surface area contributed by atoms with Crippen molar-refractivity contribution in [3.8, 4) is 11.5 Å². The van der Waals surface area contributed by atoms with Crippen LogP contribution in [0.2, 0.25) is 5.02 Å². The van der Waals surface area contributed by atoms with Gasteiger partial charge in [0.25, 0.3) is 0 Å². The van der Waals surface area contributed by atoms with Gasteiger partial charge in [-0.3, -0.25) is 0 Å². The fourth-order valence-electron chi connectivity index (χ4n) is 4.02. The number of para-hydroxylation sites is 1. The topological polar surface area (TPSA) is 34.1 Å². The average Bonchev–Trinajstić information content (AvgIpc) is 3.24. The Balaban J connectivity index is 1.50. The van der Waals surface area contributed by atoms with E-state index in [-0.39, 0.29) is 12.3 Å². The Morgan fingerprint density at radius 2 is 1.80 bits per heavy atom. The van der Waals surface area contributed by atoms with Gasteiger partial charge in [-0.25, -0.2) is 5.01 Å². The predicted molar refractivity (Wildman–Crippen MR) is 119 cm³/mol. The monoisotopic (exact) mass is 418 g/mol. The smallest absolute Gasteiger partial charge is 0.213 e. The summed E-state index contributed by atoms with van der Waals surface area (Å²) in [6.45, 7) is 2.82. The van der Waals surface area contributed by atoms with Crippen LogP contribution in [0.3, 0.4) is 0 Å². The van der Waals surface area contributed by atoms with Gasteiger partial charge in [0.05, 0.1) is 18.4 Å². The molecule has 0 amide bonds. The van der Waals surface area contributed by atoms with E-state index in [1.807, 2.05) is 48.5 Å². The van der Waals surface area contributed by atoms with Gasteiger partial charge in [0, 0.05) is 22.6 Å². The van der Waals surface area contributed by atoms with E-state index in [0.717, 1.165) is 52.8 Å². The lowest BCUT2D eigenvalue weighted by molar-refractivity contribution is -0.0190. The van der Waals surface area contributed by atoms with Crippen LogP contribution in [0, 0.1) is 0 Å². The standard InChI is InChI=1S/C25H23ClN2O2/c1-2-15-29-20-13-9-18(10-14-20)25-28-23(21-5-3-4-6-24(21)30-25)16-22(27-28)17-7-11-19(26)12-8-17/h3-14,23,25H,2,15-16H2,1H3/t23-,25-/m1/s1. The summed E-state index contributed by atoms with van der Waals surface area (Å²) in [7, 11) is 0. The molecule has 0 aromatic heterocycles. The van der Waals surface area contributed by atoms with E-state index >= 15 is 0 Å². The lowest BCUT2D eigenvalue weighted by Gasteiger charge is -2.38. The Bertz CT molecular complexity index is 1060. The van der Waals surface area contributed by atoms with Crippen molar-refractivity contribution in [2.24, 2.45) is 5.10 Å². The van der Waals surface area contributed by atoms with Crippen molar-refractivity contribution in [3.63, 3.8) is 0 Å². The molecule has 0 spiro atoms. The second-order valence-corrected chi connectivity index (χ2v) is 8.02. The highest BCUT2D eigenvalue weighted by Gasteiger charge is 2.40. The first-order valence-electron chi connectivity index (χ1n) is 10.3. The number of hydrogen-bond acceptors (Lipinski definition) is 4. The third kappa shape index (κ3) is 3.52. The molecule has 0 radical (unpaired) electrons. The van der Waals surface area contributed by atoms with Crippen LogP contribution in [-0.4, -0.2) is 17.3 Å². The highest BCUT2D eigenvalue weighted by atomic mass is 35.5. The predicted octanol–water partition coefficient (Wildman–Crippen LogP) is 6.37. The van der Waals surface area contributed by atoms with Crippen molar-refractivity contribution in [1.82, 2.24) is 5.01 Å². The van der Waals surface area contributed by atoms with Crippen molar-refractivity contribution < 1.29 is 9.47 Å². The van der Waals surface area contributed by atoms with Gasteiger partial charge in [-0.1, -0.05) is 48.9 Å². The SMILES string of the molecule is CCCOc1ccc([C@H]2Oc3ccccc3[C@H]3CC(c4ccc(Cl)cc4)=NN32)cc1. The molecule has 0 saturated heterocycles. The Kier molecular flexibility index (Phi) is 5.09. The molecule has 5 heteroatoms. The molecule has 3 aromatic carbocycles. The number of hydrogen-bond donors (Lipinski definition) is 0. The fraction of sp³-hybridized carbons (Fsp3) is 0.240. The van der Waals surface area contributed by atoms with Crippen molar-refractivity contribution in [1.29, 1.82) is 0 Å². The summed E-state index contributed by atoms with van der Waals surface area (Å²) in [6, 6.07) is 24.4. The van der Waals surface area contributed by atoms with Crippen LogP contribution >= 0.6 is 11.6 Å². The lowest BCUT2D eigenvalue weighted by Crippen LogP contribution is -2.33. The molecule has 2 aliphatic heterocycles. The molecule has 4 nitrogen and oxygen atoms in total. The summed E-state index contributed by atoms with van der Waals surface area (Å²) in [5.41, 5.74) is 4.36. The first-order chi connectivity index (χ1) is 14.7. The second kappa shape index (κ2) is 8.04. The molecular formula is C25H23ClN2O2. The van der Waals surface area contributed by atoms with Gasteiger partial charge < -0.3 is 9.47 Å². The average molecular weight is 419 g/mol. The summed E-state index contributed by atoms with van der Waals surface area (Å²) in [6.07, 6.45) is 1.54. The molecule has 2 aliphatic rings. The molecule has 2 atom stereocenters. The van der Waals surface area contributed by atoms with Gasteiger partial charge in [0.15, 0.2) is 0 Å². The maximum Gasteiger partial charge on any atom is 0.213 e. The van der Waals surface area contributed by atoms with Crippen LogP contribution in [0.5, 0.6) is 11.5 Å². The van der Waals surface area contributed by atoms with Gasteiger partial charge in [0.2, 0.25) is 6.23 Å². The Morgan fingerprint density at radius 3 is 2.57 bits per heavy atom. The van der Waals surface area contributed by atoms with Gasteiger partial charge in [-0.05, 0) is 54.4 Å². The van der Waals surface area contributed by atoms with Crippen LogP contribution < -0.4 is 9.47 Å². The molecule has 0 aliphatic carbocycles. The van der Waals surface area contributed by atoms with Gasteiger partial charge in [-0.15, -0.1) is 0 Å². The largest absolute Gasteiger partial charge is 0.494 e. The molecule has 152 valence electrons. The van der Waals surface area contributed by atoms with E-state index in [1.54, 1.807) is 0 Å². The molecule has 2 heterocycles. The zero-order chi connectivity index (χ0) is 20.5. The summed E-state index contributed by atoms with van der Waals surface area (Å²) in [4.78, 5) is 0. The summed E-state index contributed by atoms with van der Waals surface area (Å²) in [5, 5.41) is 7.81. The third-order valence-electron chi connectivity index (χ3n) is 5.51. The normalized spacial score (nSPS) is 19.5. The number of halogens is 1. The van der Waals surface area contributed by atoms with E-state index in [1.165, 1.54) is 5.56 Å². The fourth-order valence-corrected chi connectivity index (χ4v) is 4.15. The van der Waals surface area contributed by atoms with Crippen molar-refractivity contribution in [3.05, 3.63) is 94.5 Å². The maximum absolute atomic E-state index is 6.41. The number of ether oxygens (including phenoxy) is 2. The highest BCUT2D eigenvalue weighted by molar-refractivity contribution is 6.30.